The lowest BCUT2D eigenvalue weighted by atomic mass is 10.1. The summed E-state index contributed by atoms with van der Waals surface area (Å²) in [5, 5.41) is 17.4. The topological polar surface area (TPSA) is 121 Å². The molecule has 1 aromatic heterocycles. The summed E-state index contributed by atoms with van der Waals surface area (Å²) >= 11 is 0. The van der Waals surface area contributed by atoms with Crippen LogP contribution in [-0.4, -0.2) is 39.8 Å². The minimum Gasteiger partial charge on any atom is -0.480 e. The molecule has 82 valence electrons. The van der Waals surface area contributed by atoms with Gasteiger partial charge in [0.25, 0.3) is 0 Å². The van der Waals surface area contributed by atoms with Crippen molar-refractivity contribution in [3.05, 3.63) is 18.0 Å². The summed E-state index contributed by atoms with van der Waals surface area (Å²) in [6.07, 6.45) is 3.26. The monoisotopic (exact) mass is 212 g/mol. The predicted octanol–water partition coefficient (Wildman–Crippen LogP) is -1.52. The van der Waals surface area contributed by atoms with E-state index in [9.17, 15) is 9.59 Å². The average Bonchev–Trinajstić information content (AvgIpc) is 2.69. The molecule has 0 radical (unpaired) electrons. The molecular formula is C8H12N4O3. The normalized spacial score (nSPS) is 12.1. The highest BCUT2D eigenvalue weighted by Gasteiger charge is 2.19. The van der Waals surface area contributed by atoms with Crippen molar-refractivity contribution in [1.29, 1.82) is 0 Å². The van der Waals surface area contributed by atoms with Crippen LogP contribution < -0.4 is 11.1 Å². The molecule has 1 atom stereocenters. The minimum absolute atomic E-state index is 0.178. The average molecular weight is 212 g/mol. The number of aromatic nitrogens is 2. The number of nitrogens with zero attached hydrogens (tertiary/aromatic N) is 1. The summed E-state index contributed by atoms with van der Waals surface area (Å²) in [7, 11) is 0. The van der Waals surface area contributed by atoms with Crippen LogP contribution in [0.3, 0.4) is 0 Å². The van der Waals surface area contributed by atoms with Crippen molar-refractivity contribution in [3.63, 3.8) is 0 Å². The molecule has 1 rings (SSSR count). The van der Waals surface area contributed by atoms with Crippen LogP contribution in [0.15, 0.2) is 12.4 Å². The van der Waals surface area contributed by atoms with Crippen LogP contribution in [0.4, 0.5) is 0 Å². The standard InChI is InChI=1S/C8H12N4O3/c9-2-7(13)12-6(8(14)15)1-5-3-10-11-4-5/h3-4,6H,1-2,9H2,(H,10,11)(H,12,13)(H,14,15). The number of carbonyl (C=O) groups excluding carboxylic acids is 1. The van der Waals surface area contributed by atoms with Crippen molar-refractivity contribution in [2.75, 3.05) is 6.54 Å². The molecule has 1 aromatic rings. The molecule has 7 heteroatoms. The van der Waals surface area contributed by atoms with Crippen molar-refractivity contribution in [3.8, 4) is 0 Å². The number of H-pyrrole nitrogens is 1. The highest BCUT2D eigenvalue weighted by molar-refractivity contribution is 5.84. The maximum Gasteiger partial charge on any atom is 0.326 e. The Labute approximate surface area is 85.7 Å². The third-order valence-corrected chi connectivity index (χ3v) is 1.81. The van der Waals surface area contributed by atoms with Crippen LogP contribution in [0.25, 0.3) is 0 Å². The second-order valence-electron chi connectivity index (χ2n) is 2.97. The molecule has 0 spiro atoms. The Kier molecular flexibility index (Phi) is 3.81. The van der Waals surface area contributed by atoms with Gasteiger partial charge < -0.3 is 16.2 Å². The van der Waals surface area contributed by atoms with Crippen molar-refractivity contribution in [1.82, 2.24) is 15.5 Å². The lowest BCUT2D eigenvalue weighted by molar-refractivity contribution is -0.141. The Hall–Kier alpha value is -1.89. The summed E-state index contributed by atoms with van der Waals surface area (Å²) in [6, 6.07) is -0.973. The van der Waals surface area contributed by atoms with Crippen LogP contribution >= 0.6 is 0 Å². The number of nitrogens with one attached hydrogen (secondary N) is 2. The van der Waals surface area contributed by atoms with E-state index in [1.165, 1.54) is 6.20 Å². The van der Waals surface area contributed by atoms with E-state index in [1.807, 2.05) is 0 Å². The molecule has 7 nitrogen and oxygen atoms in total. The fourth-order valence-corrected chi connectivity index (χ4v) is 1.08. The fourth-order valence-electron chi connectivity index (χ4n) is 1.08. The Morgan fingerprint density at radius 1 is 1.67 bits per heavy atom. The number of carboxylic acid groups (broad SMARTS) is 1. The van der Waals surface area contributed by atoms with Gasteiger partial charge in [0.1, 0.15) is 6.04 Å². The van der Waals surface area contributed by atoms with Crippen LogP contribution in [0.5, 0.6) is 0 Å². The molecule has 15 heavy (non-hydrogen) atoms. The van der Waals surface area contributed by atoms with E-state index < -0.39 is 17.9 Å². The molecule has 0 bridgehead atoms. The van der Waals surface area contributed by atoms with Crippen LogP contribution in [0.1, 0.15) is 5.56 Å². The molecule has 1 unspecified atom stereocenters. The Morgan fingerprint density at radius 3 is 2.87 bits per heavy atom. The van der Waals surface area contributed by atoms with E-state index >= 15 is 0 Å². The first-order valence-electron chi connectivity index (χ1n) is 4.33. The fraction of sp³-hybridized carbons (Fsp3) is 0.375. The third-order valence-electron chi connectivity index (χ3n) is 1.81. The van der Waals surface area contributed by atoms with Gasteiger partial charge in [0.2, 0.25) is 5.91 Å². The van der Waals surface area contributed by atoms with Crippen molar-refractivity contribution >= 4 is 11.9 Å². The molecule has 0 aromatic carbocycles. The van der Waals surface area contributed by atoms with Crippen molar-refractivity contribution < 1.29 is 14.7 Å². The van der Waals surface area contributed by atoms with Gasteiger partial charge in [0, 0.05) is 12.6 Å². The van der Waals surface area contributed by atoms with E-state index in [4.69, 9.17) is 10.8 Å². The Morgan fingerprint density at radius 2 is 2.40 bits per heavy atom. The van der Waals surface area contributed by atoms with Gasteiger partial charge in [-0.3, -0.25) is 9.89 Å². The molecular weight excluding hydrogens is 200 g/mol. The SMILES string of the molecule is NCC(=O)NC(Cc1cn[nH]c1)C(=O)O. The second kappa shape index (κ2) is 5.11. The number of amides is 1. The van der Waals surface area contributed by atoms with Gasteiger partial charge in [-0.1, -0.05) is 0 Å². The van der Waals surface area contributed by atoms with E-state index in [0.29, 0.717) is 5.56 Å². The van der Waals surface area contributed by atoms with E-state index in [-0.39, 0.29) is 13.0 Å². The molecule has 1 heterocycles. The summed E-state index contributed by atoms with van der Waals surface area (Å²) in [4.78, 5) is 21.7. The van der Waals surface area contributed by atoms with Gasteiger partial charge in [-0.05, 0) is 5.56 Å². The molecule has 0 aliphatic heterocycles. The summed E-state index contributed by atoms with van der Waals surface area (Å²) in [5.41, 5.74) is 5.78. The smallest absolute Gasteiger partial charge is 0.326 e. The number of carbonyl (C=O) groups is 2. The molecule has 0 aliphatic carbocycles. The predicted molar refractivity (Wildman–Crippen MR) is 50.9 cm³/mol. The summed E-state index contributed by atoms with van der Waals surface area (Å²) in [6.45, 7) is -0.227. The molecule has 5 N–H and O–H groups in total. The van der Waals surface area contributed by atoms with E-state index in [2.05, 4.69) is 15.5 Å². The summed E-state index contributed by atoms with van der Waals surface area (Å²) < 4.78 is 0. The summed E-state index contributed by atoms with van der Waals surface area (Å²) in [5.74, 6) is -1.59. The zero-order chi connectivity index (χ0) is 11.3. The van der Waals surface area contributed by atoms with Gasteiger partial charge in [-0.2, -0.15) is 5.10 Å². The van der Waals surface area contributed by atoms with Crippen LogP contribution in [0.2, 0.25) is 0 Å². The molecule has 0 fully saturated rings. The highest BCUT2D eigenvalue weighted by atomic mass is 16.4. The van der Waals surface area contributed by atoms with Crippen LogP contribution in [0, 0.1) is 0 Å². The lowest BCUT2D eigenvalue weighted by Crippen LogP contribution is -2.44. The van der Waals surface area contributed by atoms with Gasteiger partial charge in [-0.25, -0.2) is 4.79 Å². The quantitative estimate of drug-likeness (QED) is 0.472. The highest BCUT2D eigenvalue weighted by Crippen LogP contribution is 2.00. The van der Waals surface area contributed by atoms with Gasteiger partial charge in [0.05, 0.1) is 12.7 Å². The maximum atomic E-state index is 10.9. The first kappa shape index (κ1) is 11.2. The zero-order valence-electron chi connectivity index (χ0n) is 7.93. The first-order chi connectivity index (χ1) is 7.13. The Bertz CT molecular complexity index is 336. The number of aromatic amines is 1. The first-order valence-corrected chi connectivity index (χ1v) is 4.33. The number of hydrogen-bond acceptors (Lipinski definition) is 4. The number of carboxylic acids is 1. The number of nitrogens with two attached hydrogens (primary N) is 1. The maximum absolute atomic E-state index is 10.9. The van der Waals surface area contributed by atoms with Gasteiger partial charge in [0.15, 0.2) is 0 Å². The molecule has 0 saturated carbocycles. The van der Waals surface area contributed by atoms with Crippen LogP contribution in [-0.2, 0) is 16.0 Å². The van der Waals surface area contributed by atoms with Crippen molar-refractivity contribution in [2.24, 2.45) is 5.73 Å². The lowest BCUT2D eigenvalue weighted by Gasteiger charge is -2.12. The van der Waals surface area contributed by atoms with Gasteiger partial charge in [-0.15, -0.1) is 0 Å². The van der Waals surface area contributed by atoms with Gasteiger partial charge >= 0.3 is 5.97 Å². The third kappa shape index (κ3) is 3.39. The number of rotatable bonds is 5. The van der Waals surface area contributed by atoms with E-state index in [1.54, 1.807) is 6.20 Å². The Balaban J connectivity index is 2.59. The molecule has 0 aliphatic rings. The number of hydrogen-bond donors (Lipinski definition) is 4. The molecule has 1 amide bonds. The molecule has 0 saturated heterocycles. The minimum atomic E-state index is -1.10. The second-order valence-corrected chi connectivity index (χ2v) is 2.97. The van der Waals surface area contributed by atoms with E-state index in [0.717, 1.165) is 0 Å². The largest absolute Gasteiger partial charge is 0.480 e. The number of aliphatic carboxylic acids is 1. The van der Waals surface area contributed by atoms with Crippen molar-refractivity contribution in [2.45, 2.75) is 12.5 Å². The zero-order valence-corrected chi connectivity index (χ0v) is 7.93.